The van der Waals surface area contributed by atoms with E-state index in [4.69, 9.17) is 11.3 Å². The van der Waals surface area contributed by atoms with Crippen molar-refractivity contribution in [3.05, 3.63) is 59.7 Å². The zero-order chi connectivity index (χ0) is 21.8. The third-order valence-corrected chi connectivity index (χ3v) is 8.37. The molecule has 3 aliphatic rings. The molecule has 3 aliphatic heterocycles. The van der Waals surface area contributed by atoms with Crippen LogP contribution in [0.25, 0.3) is 27.7 Å². The maximum Gasteiger partial charge on any atom is 2.00 e. The Labute approximate surface area is 213 Å². The number of hydrogen-bond acceptors (Lipinski definition) is 3. The van der Waals surface area contributed by atoms with E-state index in [9.17, 15) is 0 Å². The van der Waals surface area contributed by atoms with Crippen molar-refractivity contribution in [2.75, 3.05) is 6.54 Å². The van der Waals surface area contributed by atoms with Gasteiger partial charge in [0.25, 0.3) is 4.83 Å². The molecule has 0 fully saturated rings. The topological polar surface area (TPSA) is 16.4 Å². The maximum atomic E-state index is 6.45. The summed E-state index contributed by atoms with van der Waals surface area (Å²) in [5.74, 6) is 0. The largest absolute Gasteiger partial charge is 2.00 e. The number of nitrogens with zero attached hydrogens (tertiary/aromatic N) is 2. The molecule has 32 heavy (non-hydrogen) atoms. The molecule has 0 aliphatic carbocycles. The third kappa shape index (κ3) is 4.98. The quantitative estimate of drug-likeness (QED) is 0.280. The van der Waals surface area contributed by atoms with Crippen LogP contribution in [0.3, 0.4) is 0 Å². The summed E-state index contributed by atoms with van der Waals surface area (Å²) in [5, 5.41) is 1.41. The van der Waals surface area contributed by atoms with Gasteiger partial charge in [-0.1, -0.05) is 70.9 Å². The molecule has 2 aromatic heterocycles. The zero-order valence-corrected chi connectivity index (χ0v) is 21.7. The van der Waals surface area contributed by atoms with Gasteiger partial charge >= 0.3 is 18.6 Å². The molecule has 7 heteroatoms. The van der Waals surface area contributed by atoms with Gasteiger partial charge in [-0.2, -0.15) is 4.57 Å². The Bertz CT molecular complexity index is 1020. The Hall–Kier alpha value is -1.22. The van der Waals surface area contributed by atoms with Gasteiger partial charge in [-0.15, -0.1) is 11.6 Å². The van der Waals surface area contributed by atoms with Gasteiger partial charge in [0.1, 0.15) is 0 Å². The minimum absolute atomic E-state index is 0. The smallest absolute Gasteiger partial charge is 0.568 e. The summed E-state index contributed by atoms with van der Waals surface area (Å²) in [6.45, 7) is 21.1. The van der Waals surface area contributed by atoms with Gasteiger partial charge in [0.15, 0.2) is 6.54 Å². The number of hydrogen-bond donors (Lipinski definition) is 0. The van der Waals surface area contributed by atoms with Crippen LogP contribution in [0.4, 0.5) is 0 Å². The average Bonchev–Trinajstić information content (AvgIpc) is 3.35. The fourth-order valence-corrected chi connectivity index (χ4v) is 7.30. The first-order valence-corrected chi connectivity index (χ1v) is 12.3. The Morgan fingerprint density at radius 3 is 2.62 bits per heavy atom. The molecule has 0 amide bonds. The Kier molecular flexibility index (Phi) is 11.6. The van der Waals surface area contributed by atoms with Gasteiger partial charge in [-0.3, -0.25) is 6.20 Å². The standard InChI is InChI=1S/C21H20N2OPS.C2H6.CH3B.CH4.V/c1-4-14-18(5-2)26-21-19(14)25-20-15-11-13-12-22(6-3)9-7-16(13)24-17(15)8-10-23(20)21;2*1-2;;/h3-6,11,16-17,25H,1-2,7-10H2;1-2H3;1H3;1H4;/q-1;;;;+2. The van der Waals surface area contributed by atoms with Crippen molar-refractivity contribution >= 4 is 55.0 Å². The fourth-order valence-electron chi connectivity index (χ4n) is 4.15. The molecule has 0 N–H and O–H groups in total. The predicted octanol–water partition coefficient (Wildman–Crippen LogP) is 6.26. The van der Waals surface area contributed by atoms with Crippen molar-refractivity contribution in [2.45, 2.75) is 59.7 Å². The Morgan fingerprint density at radius 2 is 2.00 bits per heavy atom. The average molecular weight is 502 g/mol. The number of rotatable bonds is 3. The minimum atomic E-state index is 0. The van der Waals surface area contributed by atoms with Crippen molar-refractivity contribution < 1.29 is 27.9 Å². The molecule has 0 bridgehead atoms. The summed E-state index contributed by atoms with van der Waals surface area (Å²) in [7, 11) is 5.14. The molecule has 0 saturated heterocycles. The first-order chi connectivity index (χ1) is 14.7. The number of thiophene rings is 1. The molecular formula is C25H33BN2OPSV+. The van der Waals surface area contributed by atoms with Crippen molar-refractivity contribution in [1.29, 1.82) is 0 Å². The van der Waals surface area contributed by atoms with Crippen LogP contribution in [0.1, 0.15) is 50.0 Å². The molecule has 5 rings (SSSR count). The van der Waals surface area contributed by atoms with E-state index in [2.05, 4.69) is 37.8 Å². The maximum absolute atomic E-state index is 6.45. The second kappa shape index (κ2) is 12.9. The normalized spacial score (nSPS) is 20.3. The van der Waals surface area contributed by atoms with Gasteiger partial charge in [-0.25, -0.2) is 0 Å². The minimum Gasteiger partial charge on any atom is -0.568 e. The van der Waals surface area contributed by atoms with E-state index < -0.39 is 0 Å². The van der Waals surface area contributed by atoms with Crippen LogP contribution in [0.15, 0.2) is 31.0 Å². The summed E-state index contributed by atoms with van der Waals surface area (Å²) >= 11 is 1.83. The molecule has 0 saturated carbocycles. The van der Waals surface area contributed by atoms with Crippen molar-refractivity contribution in [2.24, 2.45) is 0 Å². The number of aryl methyl sites for hydroxylation is 1. The summed E-state index contributed by atoms with van der Waals surface area (Å²) in [6, 6.07) is 0. The number of fused-ring (bicyclic) bond motifs is 6. The van der Waals surface area contributed by atoms with E-state index in [0.717, 1.165) is 31.5 Å². The molecule has 3 nitrogen and oxygen atoms in total. The zero-order valence-electron chi connectivity index (χ0n) is 18.5. The number of aromatic nitrogens is 1. The van der Waals surface area contributed by atoms with E-state index in [0.29, 0.717) is 8.19 Å². The van der Waals surface area contributed by atoms with Gasteiger partial charge in [0.05, 0.1) is 25.2 Å². The van der Waals surface area contributed by atoms with Gasteiger partial charge in [0.2, 0.25) is 5.43 Å². The van der Waals surface area contributed by atoms with E-state index in [1.54, 1.807) is 6.20 Å². The first-order valence-electron chi connectivity index (χ1n) is 10.5. The SMILES string of the molecule is C.CC.[B]C.[CH-]=CN1[C-]=C2C=C3c4[pH]c5c(C=C)c(C=C)sc5[n+]4CCC3OC2CC1.[V+2]. The monoisotopic (exact) mass is 502 g/mol. The predicted molar refractivity (Wildman–Crippen MR) is 140 cm³/mol. The van der Waals surface area contributed by atoms with Crippen LogP contribution in [0.5, 0.6) is 0 Å². The van der Waals surface area contributed by atoms with E-state index in [1.165, 1.54) is 38.2 Å². The second-order valence-corrected chi connectivity index (χ2v) is 9.05. The van der Waals surface area contributed by atoms with E-state index in [1.807, 2.05) is 42.2 Å². The molecule has 5 heterocycles. The molecule has 167 valence electrons. The van der Waals surface area contributed by atoms with Gasteiger partial charge in [0, 0.05) is 22.4 Å². The molecular weight excluding hydrogens is 469 g/mol. The van der Waals surface area contributed by atoms with Crippen LogP contribution >= 0.6 is 19.5 Å². The first kappa shape index (κ1) is 28.8. The third-order valence-electron chi connectivity index (χ3n) is 5.41. The van der Waals surface area contributed by atoms with Crippen LogP contribution in [0, 0.1) is 12.8 Å². The van der Waals surface area contributed by atoms with E-state index >= 15 is 0 Å². The van der Waals surface area contributed by atoms with Gasteiger partial charge < -0.3 is 16.2 Å². The Morgan fingerprint density at radius 1 is 1.28 bits per heavy atom. The summed E-state index contributed by atoms with van der Waals surface area (Å²) < 4.78 is 8.93. The summed E-state index contributed by atoms with van der Waals surface area (Å²) in [5.41, 5.74) is 5.10. The van der Waals surface area contributed by atoms with Crippen LogP contribution in [-0.2, 0) is 29.8 Å². The van der Waals surface area contributed by atoms with Crippen LogP contribution in [-0.4, -0.2) is 31.5 Å². The van der Waals surface area contributed by atoms with Gasteiger partial charge in [-0.05, 0) is 21.2 Å². The van der Waals surface area contributed by atoms with Crippen LogP contribution < -0.4 is 4.57 Å². The van der Waals surface area contributed by atoms with E-state index in [-0.39, 0.29) is 38.2 Å². The van der Waals surface area contributed by atoms with Crippen molar-refractivity contribution in [1.82, 2.24) is 4.90 Å². The molecule has 0 aromatic carbocycles. The number of ether oxygens (including phenoxy) is 1. The summed E-state index contributed by atoms with van der Waals surface area (Å²) in [6.07, 6.45) is 13.6. The fraction of sp³-hybridized carbons (Fsp3) is 0.400. The molecule has 3 atom stereocenters. The molecule has 3 unspecified atom stereocenters. The van der Waals surface area contributed by atoms with Crippen molar-refractivity contribution in [3.63, 3.8) is 0 Å². The van der Waals surface area contributed by atoms with Crippen LogP contribution in [0.2, 0.25) is 6.82 Å². The molecule has 0 spiro atoms. The Balaban J connectivity index is 0.000000811. The molecule has 2 aromatic rings. The second-order valence-electron chi connectivity index (χ2n) is 6.79. The molecule has 3 radical (unpaired) electrons. The summed E-state index contributed by atoms with van der Waals surface area (Å²) in [4.78, 5) is 4.52. The van der Waals surface area contributed by atoms with Crippen molar-refractivity contribution in [3.8, 4) is 0 Å².